The Morgan fingerprint density at radius 1 is 1.20 bits per heavy atom. The maximum atomic E-state index is 4.48. The van der Waals surface area contributed by atoms with Crippen molar-refractivity contribution in [3.05, 3.63) is 42.6 Å². The van der Waals surface area contributed by atoms with Crippen molar-refractivity contribution >= 4 is 5.52 Å². The molecule has 0 aromatic carbocycles. The second kappa shape index (κ2) is 5.09. The molecule has 0 aliphatic heterocycles. The number of hydrogen-bond donors (Lipinski definition) is 0. The summed E-state index contributed by atoms with van der Waals surface area (Å²) in [5.41, 5.74) is 4.40. The average molecular weight is 269 g/mol. The van der Waals surface area contributed by atoms with E-state index in [9.17, 15) is 0 Å². The van der Waals surface area contributed by atoms with Crippen molar-refractivity contribution in [1.82, 2.24) is 24.1 Å². The third-order valence-electron chi connectivity index (χ3n) is 3.44. The van der Waals surface area contributed by atoms with Gasteiger partial charge in [0.25, 0.3) is 0 Å². The van der Waals surface area contributed by atoms with E-state index in [1.54, 1.807) is 0 Å². The number of hydrogen-bond acceptors (Lipinski definition) is 3. The van der Waals surface area contributed by atoms with Crippen molar-refractivity contribution in [2.75, 3.05) is 20.6 Å². The fourth-order valence-electron chi connectivity index (χ4n) is 2.21. The topological polar surface area (TPSA) is 38.4 Å². The molecular weight excluding hydrogens is 250 g/mol. The maximum absolute atomic E-state index is 4.48. The van der Waals surface area contributed by atoms with Gasteiger partial charge in [-0.1, -0.05) is 0 Å². The molecule has 0 N–H and O–H groups in total. The van der Waals surface area contributed by atoms with E-state index in [2.05, 4.69) is 58.9 Å². The van der Waals surface area contributed by atoms with Crippen molar-refractivity contribution in [2.24, 2.45) is 0 Å². The molecule has 104 valence electrons. The van der Waals surface area contributed by atoms with Gasteiger partial charge in [0, 0.05) is 31.0 Å². The fourth-order valence-corrected chi connectivity index (χ4v) is 2.21. The van der Waals surface area contributed by atoms with Crippen molar-refractivity contribution in [1.29, 1.82) is 0 Å². The molecule has 0 aliphatic rings. The predicted molar refractivity (Wildman–Crippen MR) is 79.7 cm³/mol. The lowest BCUT2D eigenvalue weighted by Gasteiger charge is -2.08. The minimum atomic E-state index is 0.948. The van der Waals surface area contributed by atoms with E-state index in [1.165, 1.54) is 5.56 Å². The first-order chi connectivity index (χ1) is 9.63. The molecule has 0 spiro atoms. The van der Waals surface area contributed by atoms with Crippen LogP contribution in [0.2, 0.25) is 0 Å². The van der Waals surface area contributed by atoms with Gasteiger partial charge in [0.2, 0.25) is 0 Å². The van der Waals surface area contributed by atoms with Crippen molar-refractivity contribution in [2.45, 2.75) is 13.5 Å². The molecule has 0 saturated heterocycles. The van der Waals surface area contributed by atoms with Gasteiger partial charge in [-0.3, -0.25) is 0 Å². The Labute approximate surface area is 118 Å². The molecule has 0 fully saturated rings. The Kier molecular flexibility index (Phi) is 3.28. The van der Waals surface area contributed by atoms with Crippen LogP contribution in [-0.2, 0) is 6.54 Å². The minimum Gasteiger partial charge on any atom is -0.336 e. The summed E-state index contributed by atoms with van der Waals surface area (Å²) in [6.45, 7) is 4.02. The predicted octanol–water partition coefficient (Wildman–Crippen LogP) is 2.07. The zero-order valence-corrected chi connectivity index (χ0v) is 12.1. The number of nitrogens with zero attached hydrogens (tertiary/aromatic N) is 5. The standard InChI is InChI=1S/C15H19N5/c1-12-8-17-20-9-13(4-5-15(12)20)14-10-19(11-16-14)7-6-18(2)3/h4-5,8-11H,6-7H2,1-3H3. The molecule has 0 aliphatic carbocycles. The number of rotatable bonds is 4. The third-order valence-corrected chi connectivity index (χ3v) is 3.44. The average Bonchev–Trinajstić information content (AvgIpc) is 3.04. The van der Waals surface area contributed by atoms with Gasteiger partial charge in [-0.05, 0) is 38.7 Å². The fraction of sp³-hybridized carbons (Fsp3) is 0.333. The molecule has 0 radical (unpaired) electrons. The molecule has 0 amide bonds. The molecule has 3 aromatic rings. The zero-order chi connectivity index (χ0) is 14.1. The molecule has 3 rings (SSSR count). The highest BCUT2D eigenvalue weighted by Gasteiger charge is 2.05. The van der Waals surface area contributed by atoms with Gasteiger partial charge < -0.3 is 9.47 Å². The van der Waals surface area contributed by atoms with E-state index in [0.717, 1.165) is 29.9 Å². The molecule has 5 nitrogen and oxygen atoms in total. The monoisotopic (exact) mass is 269 g/mol. The molecule has 20 heavy (non-hydrogen) atoms. The summed E-state index contributed by atoms with van der Waals surface area (Å²) in [6, 6.07) is 4.19. The Morgan fingerprint density at radius 3 is 2.85 bits per heavy atom. The summed E-state index contributed by atoms with van der Waals surface area (Å²) in [5, 5.41) is 4.35. The first-order valence-electron chi connectivity index (χ1n) is 6.74. The van der Waals surface area contributed by atoms with Gasteiger partial charge in [-0.25, -0.2) is 9.50 Å². The van der Waals surface area contributed by atoms with E-state index >= 15 is 0 Å². The van der Waals surface area contributed by atoms with Crippen LogP contribution in [0.3, 0.4) is 0 Å². The molecular formula is C15H19N5. The Hall–Kier alpha value is -2.14. The molecule has 5 heteroatoms. The lowest BCUT2D eigenvalue weighted by Crippen LogP contribution is -2.17. The summed E-state index contributed by atoms with van der Waals surface area (Å²) in [4.78, 5) is 6.65. The van der Waals surface area contributed by atoms with Crippen LogP contribution in [0.5, 0.6) is 0 Å². The number of pyridine rings is 1. The largest absolute Gasteiger partial charge is 0.336 e. The normalized spacial score (nSPS) is 11.6. The molecule has 3 aromatic heterocycles. The van der Waals surface area contributed by atoms with Crippen LogP contribution in [0.25, 0.3) is 16.8 Å². The lowest BCUT2D eigenvalue weighted by molar-refractivity contribution is 0.384. The first kappa shape index (κ1) is 12.9. The number of aromatic nitrogens is 4. The van der Waals surface area contributed by atoms with Crippen LogP contribution in [0.4, 0.5) is 0 Å². The van der Waals surface area contributed by atoms with E-state index in [-0.39, 0.29) is 0 Å². The Morgan fingerprint density at radius 2 is 2.05 bits per heavy atom. The second-order valence-electron chi connectivity index (χ2n) is 5.38. The van der Waals surface area contributed by atoms with Gasteiger partial charge >= 0.3 is 0 Å². The Balaban J connectivity index is 1.87. The quantitative estimate of drug-likeness (QED) is 0.728. The van der Waals surface area contributed by atoms with Crippen LogP contribution in [0, 0.1) is 6.92 Å². The van der Waals surface area contributed by atoms with Crippen LogP contribution in [0.1, 0.15) is 5.56 Å². The Bertz CT molecular complexity index is 723. The molecule has 3 heterocycles. The summed E-state index contributed by atoms with van der Waals surface area (Å²) in [6.07, 6.45) is 7.88. The van der Waals surface area contributed by atoms with Crippen molar-refractivity contribution < 1.29 is 0 Å². The molecule has 0 bridgehead atoms. The minimum absolute atomic E-state index is 0.948. The summed E-state index contributed by atoms with van der Waals surface area (Å²) in [5.74, 6) is 0. The van der Waals surface area contributed by atoms with Crippen LogP contribution < -0.4 is 0 Å². The van der Waals surface area contributed by atoms with Gasteiger partial charge in [0.15, 0.2) is 0 Å². The lowest BCUT2D eigenvalue weighted by atomic mass is 10.2. The molecule has 0 saturated carbocycles. The zero-order valence-electron chi connectivity index (χ0n) is 12.1. The first-order valence-corrected chi connectivity index (χ1v) is 6.74. The molecule has 0 atom stereocenters. The summed E-state index contributed by atoms with van der Waals surface area (Å²) >= 11 is 0. The highest BCUT2D eigenvalue weighted by Crippen LogP contribution is 2.19. The number of fused-ring (bicyclic) bond motifs is 1. The van der Waals surface area contributed by atoms with Crippen LogP contribution in [-0.4, -0.2) is 44.7 Å². The van der Waals surface area contributed by atoms with Gasteiger partial charge in [0.1, 0.15) is 0 Å². The van der Waals surface area contributed by atoms with E-state index in [4.69, 9.17) is 0 Å². The second-order valence-corrected chi connectivity index (χ2v) is 5.38. The van der Waals surface area contributed by atoms with Crippen molar-refractivity contribution in [3.8, 4) is 11.3 Å². The third kappa shape index (κ3) is 2.44. The van der Waals surface area contributed by atoms with E-state index in [1.807, 2.05) is 23.2 Å². The van der Waals surface area contributed by atoms with Crippen LogP contribution >= 0.6 is 0 Å². The van der Waals surface area contributed by atoms with E-state index in [0.29, 0.717) is 0 Å². The molecule has 0 unspecified atom stereocenters. The van der Waals surface area contributed by atoms with Crippen molar-refractivity contribution in [3.63, 3.8) is 0 Å². The van der Waals surface area contributed by atoms with Crippen LogP contribution in [0.15, 0.2) is 37.1 Å². The van der Waals surface area contributed by atoms with E-state index < -0.39 is 0 Å². The number of likely N-dealkylation sites (N-methyl/N-ethyl adjacent to an activating group) is 1. The summed E-state index contributed by atoms with van der Waals surface area (Å²) < 4.78 is 4.03. The van der Waals surface area contributed by atoms with Gasteiger partial charge in [-0.2, -0.15) is 5.10 Å². The van der Waals surface area contributed by atoms with Gasteiger partial charge in [-0.15, -0.1) is 0 Å². The maximum Gasteiger partial charge on any atom is 0.0954 e. The SMILES string of the molecule is Cc1cnn2cc(-c3cn(CCN(C)C)cn3)ccc12. The van der Waals surface area contributed by atoms with Gasteiger partial charge in [0.05, 0.1) is 23.7 Å². The number of aryl methyl sites for hydroxylation is 1. The summed E-state index contributed by atoms with van der Waals surface area (Å²) in [7, 11) is 4.15. The highest BCUT2D eigenvalue weighted by molar-refractivity contribution is 5.63. The highest BCUT2D eigenvalue weighted by atomic mass is 15.2. The number of imidazole rings is 1. The smallest absolute Gasteiger partial charge is 0.0954 e.